The van der Waals surface area contributed by atoms with Gasteiger partial charge >= 0.3 is 0 Å². The first kappa shape index (κ1) is 13.5. The Bertz CT molecular complexity index is 289. The fourth-order valence-electron chi connectivity index (χ4n) is 1.26. The van der Waals surface area contributed by atoms with Crippen LogP contribution in [-0.2, 0) is 12.2 Å². The Morgan fingerprint density at radius 2 is 2.19 bits per heavy atom. The van der Waals surface area contributed by atoms with Gasteiger partial charge in [-0.05, 0) is 31.1 Å². The molecule has 92 valence electrons. The van der Waals surface area contributed by atoms with Crippen molar-refractivity contribution < 1.29 is 4.52 Å². The van der Waals surface area contributed by atoms with Crippen LogP contribution in [0.4, 0.5) is 0 Å². The number of nitrogens with two attached hydrogens (primary N) is 1. The Morgan fingerprint density at radius 1 is 1.38 bits per heavy atom. The molecule has 1 heterocycles. The number of aromatic nitrogens is 2. The summed E-state index contributed by atoms with van der Waals surface area (Å²) in [4.78, 5) is 4.34. The third kappa shape index (κ3) is 5.51. The minimum absolute atomic E-state index is 0.709. The number of hydrogen-bond acceptors (Lipinski definition) is 5. The maximum absolute atomic E-state index is 5.42. The van der Waals surface area contributed by atoms with E-state index in [1.165, 1.54) is 0 Å². The van der Waals surface area contributed by atoms with Crippen molar-refractivity contribution in [3.63, 3.8) is 0 Å². The molecule has 0 unspecified atom stereocenters. The summed E-state index contributed by atoms with van der Waals surface area (Å²) in [6, 6.07) is 0. The van der Waals surface area contributed by atoms with Gasteiger partial charge in [0.2, 0.25) is 5.89 Å². The number of rotatable bonds is 8. The van der Waals surface area contributed by atoms with Gasteiger partial charge in [-0.25, -0.2) is 0 Å². The number of hydrogen-bond donors (Lipinski definition) is 1. The van der Waals surface area contributed by atoms with Crippen LogP contribution in [0.5, 0.6) is 0 Å². The highest BCUT2D eigenvalue weighted by atomic mass is 32.2. The van der Waals surface area contributed by atoms with Crippen molar-refractivity contribution in [3.05, 3.63) is 11.7 Å². The van der Waals surface area contributed by atoms with Gasteiger partial charge in [0.15, 0.2) is 5.82 Å². The Kier molecular flexibility index (Phi) is 6.49. The molecule has 0 aliphatic heterocycles. The molecule has 1 rings (SSSR count). The maximum atomic E-state index is 5.42. The van der Waals surface area contributed by atoms with E-state index >= 15 is 0 Å². The Balaban J connectivity index is 2.22. The van der Waals surface area contributed by atoms with E-state index in [2.05, 4.69) is 24.0 Å². The van der Waals surface area contributed by atoms with Gasteiger partial charge < -0.3 is 10.3 Å². The topological polar surface area (TPSA) is 64.9 Å². The van der Waals surface area contributed by atoms with Crippen LogP contribution in [0.3, 0.4) is 0 Å². The second-order valence-corrected chi connectivity index (χ2v) is 5.29. The molecule has 0 fully saturated rings. The number of thioether (sulfide) groups is 1. The Labute approximate surface area is 101 Å². The summed E-state index contributed by atoms with van der Waals surface area (Å²) >= 11 is 1.85. The molecule has 0 bridgehead atoms. The predicted octanol–water partition coefficient (Wildman–Crippen LogP) is 2.24. The molecule has 16 heavy (non-hydrogen) atoms. The van der Waals surface area contributed by atoms with Crippen molar-refractivity contribution >= 4 is 11.8 Å². The molecule has 5 heteroatoms. The van der Waals surface area contributed by atoms with E-state index in [4.69, 9.17) is 10.3 Å². The van der Waals surface area contributed by atoms with Crippen LogP contribution in [0.25, 0.3) is 0 Å². The summed E-state index contributed by atoms with van der Waals surface area (Å²) in [5.74, 6) is 4.25. The summed E-state index contributed by atoms with van der Waals surface area (Å²) in [5.41, 5.74) is 5.42. The van der Waals surface area contributed by atoms with Crippen molar-refractivity contribution in [1.82, 2.24) is 10.1 Å². The third-order valence-corrected chi connectivity index (χ3v) is 3.40. The monoisotopic (exact) mass is 243 g/mol. The molecular weight excluding hydrogens is 222 g/mol. The van der Waals surface area contributed by atoms with Gasteiger partial charge in [-0.2, -0.15) is 16.7 Å². The third-order valence-electron chi connectivity index (χ3n) is 2.04. The van der Waals surface area contributed by atoms with E-state index in [1.54, 1.807) is 0 Å². The van der Waals surface area contributed by atoms with Crippen molar-refractivity contribution in [3.8, 4) is 0 Å². The summed E-state index contributed by atoms with van der Waals surface area (Å²) in [6.45, 7) is 5.15. The fourth-order valence-corrected chi connectivity index (χ4v) is 2.15. The SMILES string of the molecule is CC(C)CSCc1noc(CCCCN)n1. The van der Waals surface area contributed by atoms with Crippen molar-refractivity contribution in [1.29, 1.82) is 0 Å². The molecule has 0 saturated heterocycles. The molecule has 4 nitrogen and oxygen atoms in total. The zero-order chi connectivity index (χ0) is 11.8. The molecule has 0 aromatic carbocycles. The molecule has 0 saturated carbocycles. The largest absolute Gasteiger partial charge is 0.339 e. The first-order valence-electron chi connectivity index (χ1n) is 5.81. The van der Waals surface area contributed by atoms with Crippen LogP contribution in [0.2, 0.25) is 0 Å². The van der Waals surface area contributed by atoms with E-state index < -0.39 is 0 Å². The fraction of sp³-hybridized carbons (Fsp3) is 0.818. The molecule has 2 N–H and O–H groups in total. The summed E-state index contributed by atoms with van der Waals surface area (Å²) < 4.78 is 5.15. The quantitative estimate of drug-likeness (QED) is 0.709. The standard InChI is InChI=1S/C11H21N3OS/c1-9(2)7-16-8-10-13-11(15-14-10)5-3-4-6-12/h9H,3-8,12H2,1-2H3. The van der Waals surface area contributed by atoms with Gasteiger partial charge in [-0.3, -0.25) is 0 Å². The smallest absolute Gasteiger partial charge is 0.226 e. The molecule has 0 spiro atoms. The van der Waals surface area contributed by atoms with Crippen LogP contribution >= 0.6 is 11.8 Å². The second-order valence-electron chi connectivity index (χ2n) is 4.26. The highest BCUT2D eigenvalue weighted by Crippen LogP contribution is 2.13. The van der Waals surface area contributed by atoms with E-state index in [0.717, 1.165) is 49.0 Å². The van der Waals surface area contributed by atoms with E-state index in [-0.39, 0.29) is 0 Å². The van der Waals surface area contributed by atoms with Gasteiger partial charge in [0.05, 0.1) is 5.75 Å². The van der Waals surface area contributed by atoms with Gasteiger partial charge in [0.25, 0.3) is 0 Å². The van der Waals surface area contributed by atoms with E-state index in [0.29, 0.717) is 5.92 Å². The molecule has 0 radical (unpaired) electrons. The van der Waals surface area contributed by atoms with Crippen LogP contribution in [-0.4, -0.2) is 22.4 Å². The number of nitrogens with zero attached hydrogens (tertiary/aromatic N) is 2. The van der Waals surface area contributed by atoms with Crippen LogP contribution in [0.15, 0.2) is 4.52 Å². The first-order valence-corrected chi connectivity index (χ1v) is 6.97. The lowest BCUT2D eigenvalue weighted by molar-refractivity contribution is 0.371. The minimum atomic E-state index is 0.709. The summed E-state index contributed by atoms with van der Waals surface area (Å²) in [5, 5.41) is 3.95. The van der Waals surface area contributed by atoms with Crippen LogP contribution < -0.4 is 5.73 Å². The molecular formula is C11H21N3OS. The zero-order valence-corrected chi connectivity index (χ0v) is 10.9. The van der Waals surface area contributed by atoms with Gasteiger partial charge in [-0.1, -0.05) is 19.0 Å². The lowest BCUT2D eigenvalue weighted by Crippen LogP contribution is -1.99. The predicted molar refractivity (Wildman–Crippen MR) is 67.3 cm³/mol. The Morgan fingerprint density at radius 3 is 2.88 bits per heavy atom. The minimum Gasteiger partial charge on any atom is -0.339 e. The van der Waals surface area contributed by atoms with Crippen LogP contribution in [0, 0.1) is 5.92 Å². The normalized spacial score (nSPS) is 11.2. The number of unbranched alkanes of at least 4 members (excludes halogenated alkanes) is 1. The van der Waals surface area contributed by atoms with Crippen molar-refractivity contribution in [2.75, 3.05) is 12.3 Å². The molecule has 0 aliphatic carbocycles. The number of aryl methyl sites for hydroxylation is 1. The zero-order valence-electron chi connectivity index (χ0n) is 10.1. The van der Waals surface area contributed by atoms with Crippen LogP contribution in [0.1, 0.15) is 38.4 Å². The van der Waals surface area contributed by atoms with Crippen molar-refractivity contribution in [2.45, 2.75) is 38.9 Å². The van der Waals surface area contributed by atoms with Gasteiger partial charge in [0, 0.05) is 6.42 Å². The second kappa shape index (κ2) is 7.68. The molecule has 0 aliphatic rings. The lowest BCUT2D eigenvalue weighted by Gasteiger charge is -2.00. The average Bonchev–Trinajstić information content (AvgIpc) is 2.66. The van der Waals surface area contributed by atoms with E-state index in [1.807, 2.05) is 11.8 Å². The molecule has 1 aromatic heterocycles. The molecule has 0 amide bonds. The van der Waals surface area contributed by atoms with E-state index in [9.17, 15) is 0 Å². The highest BCUT2D eigenvalue weighted by molar-refractivity contribution is 7.98. The molecule has 0 atom stereocenters. The summed E-state index contributed by atoms with van der Waals surface area (Å²) in [7, 11) is 0. The first-order chi connectivity index (χ1) is 7.72. The van der Waals surface area contributed by atoms with Crippen molar-refractivity contribution in [2.24, 2.45) is 11.7 Å². The highest BCUT2D eigenvalue weighted by Gasteiger charge is 2.06. The average molecular weight is 243 g/mol. The lowest BCUT2D eigenvalue weighted by atomic mass is 10.2. The van der Waals surface area contributed by atoms with Gasteiger partial charge in [0.1, 0.15) is 0 Å². The summed E-state index contributed by atoms with van der Waals surface area (Å²) in [6.07, 6.45) is 2.89. The Hall–Kier alpha value is -0.550. The molecule has 1 aromatic rings. The van der Waals surface area contributed by atoms with Gasteiger partial charge in [-0.15, -0.1) is 0 Å². The maximum Gasteiger partial charge on any atom is 0.226 e.